The zero-order chi connectivity index (χ0) is 19.4. The summed E-state index contributed by atoms with van der Waals surface area (Å²) in [5, 5.41) is 10.5. The molecule has 0 aliphatic rings. The molecule has 0 spiro atoms. The lowest BCUT2D eigenvalue weighted by molar-refractivity contribution is 0.169. The van der Waals surface area contributed by atoms with Gasteiger partial charge >= 0.3 is 0 Å². The molecule has 2 aromatic heterocycles. The summed E-state index contributed by atoms with van der Waals surface area (Å²) in [5.41, 5.74) is 3.89. The van der Waals surface area contributed by atoms with Crippen molar-refractivity contribution in [2.45, 2.75) is 46.1 Å². The Bertz CT molecular complexity index is 869. The third-order valence-corrected chi connectivity index (χ3v) is 5.00. The van der Waals surface area contributed by atoms with E-state index in [2.05, 4.69) is 35.7 Å². The molecule has 2 heterocycles. The number of halogens is 1. The summed E-state index contributed by atoms with van der Waals surface area (Å²) in [4.78, 5) is 11.7. The molecule has 1 atom stereocenters. The fourth-order valence-electron chi connectivity index (χ4n) is 2.95. The molecule has 0 radical (unpaired) electrons. The van der Waals surface area contributed by atoms with Crippen molar-refractivity contribution in [1.29, 1.82) is 0 Å². The average Bonchev–Trinajstić information content (AvgIpc) is 3.11. The van der Waals surface area contributed by atoms with E-state index < -0.39 is 6.10 Å². The first-order valence-electron chi connectivity index (χ1n) is 9.29. The van der Waals surface area contributed by atoms with Crippen LogP contribution in [0.3, 0.4) is 0 Å². The second-order valence-electron chi connectivity index (χ2n) is 7.77. The van der Waals surface area contributed by atoms with Gasteiger partial charge in [0, 0.05) is 23.9 Å². The van der Waals surface area contributed by atoms with Crippen LogP contribution in [0.25, 0.3) is 11.3 Å². The predicted octanol–water partition coefficient (Wildman–Crippen LogP) is 4.87. The van der Waals surface area contributed by atoms with E-state index in [1.165, 1.54) is 12.3 Å². The Balaban J connectivity index is 1.65. The third kappa shape index (κ3) is 5.01. The number of benzene rings is 1. The lowest BCUT2D eigenvalue weighted by Gasteiger charge is -2.21. The van der Waals surface area contributed by atoms with E-state index in [1.807, 2.05) is 30.5 Å². The van der Waals surface area contributed by atoms with Gasteiger partial charge in [0.25, 0.3) is 0 Å². The molecule has 27 heavy (non-hydrogen) atoms. The average molecular weight is 367 g/mol. The maximum Gasteiger partial charge on any atom is 0.141 e. The van der Waals surface area contributed by atoms with Gasteiger partial charge in [0.1, 0.15) is 17.7 Å². The lowest BCUT2D eigenvalue weighted by atomic mass is 9.85. The fourth-order valence-corrected chi connectivity index (χ4v) is 2.95. The number of aromatic nitrogens is 3. The van der Waals surface area contributed by atoms with Crippen LogP contribution in [-0.2, 0) is 12.8 Å². The molecule has 1 aromatic carbocycles. The van der Waals surface area contributed by atoms with Crippen molar-refractivity contribution in [2.24, 2.45) is 5.41 Å². The molecule has 3 rings (SSSR count). The van der Waals surface area contributed by atoms with Crippen LogP contribution in [0.15, 0.2) is 48.8 Å². The SMILES string of the molecule is CCC(C)(C)Cc1cnc(C(O)Cc2ccc(-c3ccc(F)cn3)cc2)[nH]1. The number of nitrogens with one attached hydrogen (secondary N) is 1. The summed E-state index contributed by atoms with van der Waals surface area (Å²) in [6.07, 6.45) is 4.81. The number of aliphatic hydroxyl groups is 1. The van der Waals surface area contributed by atoms with Crippen molar-refractivity contribution in [3.8, 4) is 11.3 Å². The van der Waals surface area contributed by atoms with E-state index in [1.54, 1.807) is 6.07 Å². The number of hydrogen-bond donors (Lipinski definition) is 2. The molecule has 0 fully saturated rings. The summed E-state index contributed by atoms with van der Waals surface area (Å²) in [7, 11) is 0. The smallest absolute Gasteiger partial charge is 0.141 e. The van der Waals surface area contributed by atoms with E-state index in [4.69, 9.17) is 0 Å². The topological polar surface area (TPSA) is 61.8 Å². The zero-order valence-corrected chi connectivity index (χ0v) is 16.0. The van der Waals surface area contributed by atoms with E-state index in [0.29, 0.717) is 12.2 Å². The van der Waals surface area contributed by atoms with Gasteiger partial charge in [-0.15, -0.1) is 0 Å². The Hall–Kier alpha value is -2.53. The maximum atomic E-state index is 13.0. The standard InChI is InChI=1S/C22H26FN3O/c1-4-22(2,3)12-18-14-25-21(26-18)20(27)11-15-5-7-16(8-6-15)19-10-9-17(23)13-24-19/h5-10,13-14,20,27H,4,11-12H2,1-3H3,(H,25,26). The zero-order valence-electron chi connectivity index (χ0n) is 16.0. The van der Waals surface area contributed by atoms with Gasteiger partial charge in [0.05, 0.1) is 11.9 Å². The van der Waals surface area contributed by atoms with Crippen molar-refractivity contribution in [1.82, 2.24) is 15.0 Å². The van der Waals surface area contributed by atoms with Crippen LogP contribution in [0.4, 0.5) is 4.39 Å². The summed E-state index contributed by atoms with van der Waals surface area (Å²) in [5.74, 6) is 0.250. The van der Waals surface area contributed by atoms with Crippen LogP contribution in [0.1, 0.15) is 50.4 Å². The van der Waals surface area contributed by atoms with Gasteiger partial charge in [-0.05, 0) is 29.5 Å². The molecule has 0 bridgehead atoms. The molecular formula is C22H26FN3O. The minimum atomic E-state index is -0.682. The van der Waals surface area contributed by atoms with E-state index in [9.17, 15) is 9.50 Å². The van der Waals surface area contributed by atoms with Crippen molar-refractivity contribution >= 4 is 0 Å². The Kier molecular flexibility index (Phi) is 5.71. The van der Waals surface area contributed by atoms with E-state index >= 15 is 0 Å². The van der Waals surface area contributed by atoms with Gasteiger partial charge in [0.15, 0.2) is 0 Å². The highest BCUT2D eigenvalue weighted by Crippen LogP contribution is 2.26. The molecule has 0 saturated carbocycles. The number of rotatable bonds is 7. The first-order chi connectivity index (χ1) is 12.9. The monoisotopic (exact) mass is 367 g/mol. The van der Waals surface area contributed by atoms with Gasteiger partial charge in [-0.1, -0.05) is 51.5 Å². The number of pyridine rings is 1. The number of nitrogens with zero attached hydrogens (tertiary/aromatic N) is 2. The predicted molar refractivity (Wildman–Crippen MR) is 105 cm³/mol. The summed E-state index contributed by atoms with van der Waals surface area (Å²) in [6, 6.07) is 10.8. The highest BCUT2D eigenvalue weighted by atomic mass is 19.1. The molecule has 0 saturated heterocycles. The maximum absolute atomic E-state index is 13.0. The normalized spacial score (nSPS) is 12.9. The molecule has 5 heteroatoms. The molecule has 3 aromatic rings. The molecule has 0 aliphatic carbocycles. The first kappa shape index (κ1) is 19.2. The van der Waals surface area contributed by atoms with Gasteiger partial charge in [-0.3, -0.25) is 4.98 Å². The van der Waals surface area contributed by atoms with Crippen LogP contribution in [-0.4, -0.2) is 20.1 Å². The van der Waals surface area contributed by atoms with Crippen LogP contribution in [0.2, 0.25) is 0 Å². The van der Waals surface area contributed by atoms with Crippen molar-refractivity contribution < 1.29 is 9.50 Å². The summed E-state index contributed by atoms with van der Waals surface area (Å²) in [6.45, 7) is 6.63. The second kappa shape index (κ2) is 8.01. The Labute approximate surface area is 159 Å². The Morgan fingerprint density at radius 1 is 1.07 bits per heavy atom. The highest BCUT2D eigenvalue weighted by molar-refractivity contribution is 5.59. The Morgan fingerprint density at radius 3 is 2.44 bits per heavy atom. The van der Waals surface area contributed by atoms with Gasteiger partial charge in [0.2, 0.25) is 0 Å². The van der Waals surface area contributed by atoms with Crippen LogP contribution in [0, 0.1) is 11.2 Å². The number of aliphatic hydroxyl groups excluding tert-OH is 1. The summed E-state index contributed by atoms with van der Waals surface area (Å²) >= 11 is 0. The number of aromatic amines is 1. The van der Waals surface area contributed by atoms with Gasteiger partial charge in [-0.2, -0.15) is 0 Å². The first-order valence-corrected chi connectivity index (χ1v) is 9.29. The number of H-pyrrole nitrogens is 1. The molecule has 0 amide bonds. The van der Waals surface area contributed by atoms with E-state index in [-0.39, 0.29) is 11.2 Å². The number of imidazole rings is 1. The van der Waals surface area contributed by atoms with Crippen LogP contribution in [0.5, 0.6) is 0 Å². The molecule has 2 N–H and O–H groups in total. The van der Waals surface area contributed by atoms with Crippen LogP contribution < -0.4 is 0 Å². The highest BCUT2D eigenvalue weighted by Gasteiger charge is 2.19. The van der Waals surface area contributed by atoms with Crippen LogP contribution >= 0.6 is 0 Å². The third-order valence-electron chi connectivity index (χ3n) is 5.00. The summed E-state index contributed by atoms with van der Waals surface area (Å²) < 4.78 is 13.0. The lowest BCUT2D eigenvalue weighted by Crippen LogP contribution is -2.13. The van der Waals surface area contributed by atoms with Crippen molar-refractivity contribution in [3.63, 3.8) is 0 Å². The number of hydrogen-bond acceptors (Lipinski definition) is 3. The van der Waals surface area contributed by atoms with Gasteiger partial charge in [-0.25, -0.2) is 9.37 Å². The second-order valence-corrected chi connectivity index (χ2v) is 7.77. The molecule has 4 nitrogen and oxygen atoms in total. The fraction of sp³-hybridized carbons (Fsp3) is 0.364. The molecular weight excluding hydrogens is 341 g/mol. The van der Waals surface area contributed by atoms with Crippen molar-refractivity contribution in [3.05, 3.63) is 71.7 Å². The molecule has 1 unspecified atom stereocenters. The Morgan fingerprint density at radius 2 is 1.81 bits per heavy atom. The van der Waals surface area contributed by atoms with Gasteiger partial charge < -0.3 is 10.1 Å². The molecule has 142 valence electrons. The molecule has 0 aliphatic heterocycles. The quantitative estimate of drug-likeness (QED) is 0.626. The largest absolute Gasteiger partial charge is 0.385 e. The minimum Gasteiger partial charge on any atom is -0.385 e. The van der Waals surface area contributed by atoms with E-state index in [0.717, 1.165) is 35.4 Å². The van der Waals surface area contributed by atoms with Crippen molar-refractivity contribution in [2.75, 3.05) is 0 Å². The minimum absolute atomic E-state index is 0.207.